The molecule has 1 aliphatic carbocycles. The summed E-state index contributed by atoms with van der Waals surface area (Å²) in [5, 5.41) is 0. The lowest BCUT2D eigenvalue weighted by Crippen LogP contribution is -2.14. The van der Waals surface area contributed by atoms with Gasteiger partial charge in [0.05, 0.1) is 4.90 Å². The minimum absolute atomic E-state index is 0.0141. The maximum atomic E-state index is 14.3. The zero-order valence-electron chi connectivity index (χ0n) is 21.9. The molecule has 0 fully saturated rings. The Morgan fingerprint density at radius 2 is 1.05 bits per heavy atom. The quantitative estimate of drug-likeness (QED) is 0.161. The van der Waals surface area contributed by atoms with Gasteiger partial charge < -0.3 is 4.18 Å². The molecule has 0 amide bonds. The second-order valence-electron chi connectivity index (χ2n) is 9.88. The predicted molar refractivity (Wildman–Crippen MR) is 159 cm³/mol. The molecule has 0 aromatic heterocycles. The number of hydrogen-bond acceptors (Lipinski definition) is 5. The third-order valence-corrected chi connectivity index (χ3v) is 9.57. The molecule has 0 unspecified atom stereocenters. The van der Waals surface area contributed by atoms with Crippen LogP contribution < -0.4 is 4.18 Å². The van der Waals surface area contributed by atoms with Gasteiger partial charge in [-0.2, -0.15) is 16.8 Å². The van der Waals surface area contributed by atoms with Gasteiger partial charge in [0.1, 0.15) is 10.6 Å². The van der Waals surface area contributed by atoms with Crippen LogP contribution in [0.3, 0.4) is 0 Å². The van der Waals surface area contributed by atoms with Crippen molar-refractivity contribution in [3.8, 4) is 39.1 Å². The number of benzene rings is 5. The molecule has 0 saturated heterocycles. The predicted octanol–water partition coefficient (Wildman–Crippen LogP) is 7.19. The van der Waals surface area contributed by atoms with Crippen LogP contribution in [-0.4, -0.2) is 21.4 Å². The molecule has 206 valence electrons. The van der Waals surface area contributed by atoms with Crippen LogP contribution in [0, 0.1) is 0 Å². The molecule has 5 aromatic rings. The van der Waals surface area contributed by atoms with E-state index in [1.54, 1.807) is 0 Å². The van der Waals surface area contributed by atoms with Gasteiger partial charge in [-0.05, 0) is 71.3 Å². The second kappa shape index (κ2) is 10.6. The fourth-order valence-electron chi connectivity index (χ4n) is 5.48. The van der Waals surface area contributed by atoms with Crippen LogP contribution in [0.4, 0.5) is 0 Å². The Morgan fingerprint density at radius 1 is 0.561 bits per heavy atom. The van der Waals surface area contributed by atoms with E-state index < -0.39 is 20.2 Å². The molecule has 5 aromatic carbocycles. The lowest BCUT2D eigenvalue weighted by molar-refractivity contribution is 0.480. The van der Waals surface area contributed by atoms with Gasteiger partial charge in [0.15, 0.2) is 0 Å². The standard InChI is InChI=1S/C33H26O6S2/c34-40(35,36)32-20-19-31(27-17-10-18-28(27)32)39-41(37,38)33-29(24-13-6-2-7-14-24)21-26(23-11-4-1-5-12-23)22-30(33)25-15-8-3-9-16-25/h1-9,11-16,19-22H,10,17-18H2,(H,34,35,36). The van der Waals surface area contributed by atoms with Crippen molar-refractivity contribution in [2.75, 3.05) is 0 Å². The molecular formula is C33H26O6S2. The zero-order valence-corrected chi connectivity index (χ0v) is 23.5. The van der Waals surface area contributed by atoms with E-state index in [0.717, 1.165) is 11.1 Å². The largest absolute Gasteiger partial charge is 0.379 e. The highest BCUT2D eigenvalue weighted by atomic mass is 32.2. The highest BCUT2D eigenvalue weighted by Gasteiger charge is 2.31. The van der Waals surface area contributed by atoms with E-state index in [-0.39, 0.29) is 15.5 Å². The van der Waals surface area contributed by atoms with E-state index in [4.69, 9.17) is 4.18 Å². The molecule has 0 aliphatic heterocycles. The molecule has 0 bridgehead atoms. The Labute approximate surface area is 239 Å². The maximum Gasteiger partial charge on any atom is 0.340 e. The number of hydrogen-bond donors (Lipinski definition) is 1. The first-order chi connectivity index (χ1) is 19.7. The lowest BCUT2D eigenvalue weighted by Gasteiger charge is -2.20. The monoisotopic (exact) mass is 582 g/mol. The fourth-order valence-corrected chi connectivity index (χ4v) is 7.62. The van der Waals surface area contributed by atoms with Gasteiger partial charge >= 0.3 is 10.1 Å². The maximum absolute atomic E-state index is 14.3. The summed E-state index contributed by atoms with van der Waals surface area (Å²) in [5.74, 6) is 0.0649. The van der Waals surface area contributed by atoms with Crippen LogP contribution in [0.5, 0.6) is 5.75 Å². The topological polar surface area (TPSA) is 97.7 Å². The van der Waals surface area contributed by atoms with Crippen molar-refractivity contribution in [3.05, 3.63) is 126 Å². The highest BCUT2D eigenvalue weighted by molar-refractivity contribution is 7.87. The van der Waals surface area contributed by atoms with Crippen molar-refractivity contribution in [3.63, 3.8) is 0 Å². The lowest BCUT2D eigenvalue weighted by atomic mass is 9.93. The van der Waals surface area contributed by atoms with Crippen LogP contribution in [0.1, 0.15) is 17.5 Å². The van der Waals surface area contributed by atoms with Gasteiger partial charge in [-0.15, -0.1) is 0 Å². The number of rotatable bonds is 7. The van der Waals surface area contributed by atoms with E-state index in [9.17, 15) is 21.4 Å². The zero-order chi connectivity index (χ0) is 28.6. The van der Waals surface area contributed by atoms with Crippen molar-refractivity contribution in [1.29, 1.82) is 0 Å². The van der Waals surface area contributed by atoms with Gasteiger partial charge in [0.2, 0.25) is 0 Å². The van der Waals surface area contributed by atoms with Crippen LogP contribution in [0.2, 0.25) is 0 Å². The Kier molecular flexibility index (Phi) is 6.99. The normalized spacial score (nSPS) is 13.1. The van der Waals surface area contributed by atoms with Crippen molar-refractivity contribution in [1.82, 2.24) is 0 Å². The number of fused-ring (bicyclic) bond motifs is 1. The highest BCUT2D eigenvalue weighted by Crippen LogP contribution is 2.42. The van der Waals surface area contributed by atoms with Crippen molar-refractivity contribution in [2.45, 2.75) is 29.1 Å². The summed E-state index contributed by atoms with van der Waals surface area (Å²) in [6, 6.07) is 34.6. The summed E-state index contributed by atoms with van der Waals surface area (Å²) in [5.41, 5.74) is 5.03. The molecule has 8 heteroatoms. The average molecular weight is 583 g/mol. The van der Waals surface area contributed by atoms with Gasteiger partial charge in [0.25, 0.3) is 10.1 Å². The van der Waals surface area contributed by atoms with E-state index >= 15 is 0 Å². The summed E-state index contributed by atoms with van der Waals surface area (Å²) in [6.45, 7) is 0. The molecule has 0 radical (unpaired) electrons. The van der Waals surface area contributed by atoms with Crippen molar-refractivity contribution in [2.24, 2.45) is 0 Å². The molecule has 0 atom stereocenters. The Hall–Kier alpha value is -4.24. The van der Waals surface area contributed by atoms with E-state index in [1.165, 1.54) is 12.1 Å². The molecule has 0 spiro atoms. The molecule has 0 heterocycles. The van der Waals surface area contributed by atoms with Gasteiger partial charge in [0, 0.05) is 16.7 Å². The Balaban J connectivity index is 1.60. The third-order valence-electron chi connectivity index (χ3n) is 7.29. The van der Waals surface area contributed by atoms with Crippen molar-refractivity contribution >= 4 is 20.2 Å². The third kappa shape index (κ3) is 5.29. The van der Waals surface area contributed by atoms with Gasteiger partial charge in [-0.1, -0.05) is 91.0 Å². The van der Waals surface area contributed by atoms with E-state index in [2.05, 4.69) is 0 Å². The minimum atomic E-state index is -4.46. The molecule has 6 nitrogen and oxygen atoms in total. The Bertz CT molecular complexity index is 1890. The molecule has 1 aliphatic rings. The first-order valence-electron chi connectivity index (χ1n) is 13.1. The van der Waals surface area contributed by atoms with Crippen LogP contribution in [0.15, 0.2) is 125 Å². The molecular weight excluding hydrogens is 556 g/mol. The first-order valence-corrected chi connectivity index (χ1v) is 16.0. The van der Waals surface area contributed by atoms with Gasteiger partial charge in [-0.3, -0.25) is 4.55 Å². The summed E-state index contributed by atoms with van der Waals surface area (Å²) in [4.78, 5) is -0.197. The average Bonchev–Trinajstić information content (AvgIpc) is 3.48. The van der Waals surface area contributed by atoms with Crippen LogP contribution in [-0.2, 0) is 33.1 Å². The van der Waals surface area contributed by atoms with Gasteiger partial charge in [-0.25, -0.2) is 0 Å². The molecule has 0 saturated carbocycles. The summed E-state index contributed by atoms with van der Waals surface area (Å²) >= 11 is 0. The van der Waals surface area contributed by atoms with E-state index in [1.807, 2.05) is 103 Å². The fraction of sp³-hybridized carbons (Fsp3) is 0.0909. The summed E-state index contributed by atoms with van der Waals surface area (Å²) in [6.07, 6.45) is 1.46. The smallest absolute Gasteiger partial charge is 0.340 e. The molecule has 6 rings (SSSR count). The molecule has 1 N–H and O–H groups in total. The minimum Gasteiger partial charge on any atom is -0.379 e. The molecule has 41 heavy (non-hydrogen) atoms. The van der Waals surface area contributed by atoms with Crippen LogP contribution >= 0.6 is 0 Å². The summed E-state index contributed by atoms with van der Waals surface area (Å²) in [7, 11) is -8.91. The van der Waals surface area contributed by atoms with Crippen LogP contribution in [0.25, 0.3) is 33.4 Å². The first kappa shape index (κ1) is 27.0. The Morgan fingerprint density at radius 3 is 1.56 bits per heavy atom. The second-order valence-corrected chi connectivity index (χ2v) is 12.8. The SMILES string of the molecule is O=S(=O)(O)c1ccc(OS(=O)(=O)c2c(-c3ccccc3)cc(-c3ccccc3)cc2-c2ccccc2)c2c1CCC2. The summed E-state index contributed by atoms with van der Waals surface area (Å²) < 4.78 is 68.2. The van der Waals surface area contributed by atoms with Crippen molar-refractivity contribution < 1.29 is 25.6 Å². The van der Waals surface area contributed by atoms with E-state index in [0.29, 0.717) is 52.6 Å².